The van der Waals surface area contributed by atoms with Gasteiger partial charge >= 0.3 is 0 Å². The molecular formula is C22H24N4O2. The van der Waals surface area contributed by atoms with Crippen LogP contribution in [0.4, 0.5) is 0 Å². The summed E-state index contributed by atoms with van der Waals surface area (Å²) in [6.45, 7) is 2.13. The minimum atomic E-state index is -0.167. The molecule has 0 radical (unpaired) electrons. The molecule has 0 bridgehead atoms. The molecule has 0 spiro atoms. The number of rotatable bonds is 6. The number of likely N-dealkylation sites (tertiary alicyclic amines) is 1. The molecule has 1 fully saturated rings. The van der Waals surface area contributed by atoms with Gasteiger partial charge in [-0.3, -0.25) is 14.7 Å². The first-order valence-corrected chi connectivity index (χ1v) is 9.57. The van der Waals surface area contributed by atoms with E-state index in [2.05, 4.69) is 32.0 Å². The van der Waals surface area contributed by atoms with Gasteiger partial charge in [0.2, 0.25) is 0 Å². The lowest BCUT2D eigenvalue weighted by Gasteiger charge is -2.25. The molecule has 0 amide bonds. The summed E-state index contributed by atoms with van der Waals surface area (Å²) in [6.07, 6.45) is 4.12. The number of hydrogen-bond acceptors (Lipinski definition) is 5. The summed E-state index contributed by atoms with van der Waals surface area (Å²) in [5.41, 5.74) is 3.67. The van der Waals surface area contributed by atoms with Crippen LogP contribution in [0.5, 0.6) is 0 Å². The highest BCUT2D eigenvalue weighted by Crippen LogP contribution is 2.33. The van der Waals surface area contributed by atoms with E-state index in [1.165, 1.54) is 6.07 Å². The molecule has 0 aliphatic carbocycles. The zero-order chi connectivity index (χ0) is 19.3. The number of H-pyrrole nitrogens is 1. The zero-order valence-corrected chi connectivity index (χ0v) is 16.0. The number of hydrogen-bond donors (Lipinski definition) is 1. The highest BCUT2D eigenvalue weighted by atomic mass is 16.5. The fourth-order valence-corrected chi connectivity index (χ4v) is 3.89. The van der Waals surface area contributed by atoms with E-state index in [0.717, 1.165) is 42.8 Å². The normalized spacial score (nSPS) is 17.1. The number of methoxy groups -OCH3 is 1. The van der Waals surface area contributed by atoms with Crippen molar-refractivity contribution < 1.29 is 4.74 Å². The quantitative estimate of drug-likeness (QED) is 0.715. The fourth-order valence-electron chi connectivity index (χ4n) is 3.89. The average Bonchev–Trinajstić information content (AvgIpc) is 3.17. The summed E-state index contributed by atoms with van der Waals surface area (Å²) >= 11 is 0. The Labute approximate surface area is 164 Å². The zero-order valence-electron chi connectivity index (χ0n) is 16.0. The maximum absolute atomic E-state index is 12.1. The lowest BCUT2D eigenvalue weighted by atomic mass is 10.0. The minimum Gasteiger partial charge on any atom is -0.378 e. The van der Waals surface area contributed by atoms with Crippen LogP contribution in [-0.4, -0.2) is 33.5 Å². The van der Waals surface area contributed by atoms with Crippen molar-refractivity contribution in [3.63, 3.8) is 0 Å². The molecule has 1 aromatic carbocycles. The van der Waals surface area contributed by atoms with Crippen molar-refractivity contribution in [3.05, 3.63) is 82.0 Å². The third kappa shape index (κ3) is 4.03. The molecule has 1 N–H and O–H groups in total. The summed E-state index contributed by atoms with van der Waals surface area (Å²) in [5.74, 6) is 0.587. The van der Waals surface area contributed by atoms with Crippen LogP contribution >= 0.6 is 0 Å². The Bertz CT molecular complexity index is 987. The Balaban J connectivity index is 1.65. The Morgan fingerprint density at radius 2 is 2.07 bits per heavy atom. The monoisotopic (exact) mass is 376 g/mol. The lowest BCUT2D eigenvalue weighted by molar-refractivity contribution is 0.181. The second-order valence-corrected chi connectivity index (χ2v) is 7.06. The molecule has 2 aromatic heterocycles. The minimum absolute atomic E-state index is 0.167. The van der Waals surface area contributed by atoms with Gasteiger partial charge in [-0.25, -0.2) is 4.98 Å². The maximum atomic E-state index is 12.1. The SMILES string of the molecule is COCc1cc(=O)[nH]c(-c2ccccc2CN2CCCC2c2ccccn2)n1. The summed E-state index contributed by atoms with van der Waals surface area (Å²) in [4.78, 5) is 26.6. The molecule has 144 valence electrons. The highest BCUT2D eigenvalue weighted by molar-refractivity contribution is 5.60. The van der Waals surface area contributed by atoms with Gasteiger partial charge in [-0.05, 0) is 37.1 Å². The predicted octanol–water partition coefficient (Wildman–Crippen LogP) is 3.32. The third-order valence-electron chi connectivity index (χ3n) is 5.13. The van der Waals surface area contributed by atoms with E-state index in [1.54, 1.807) is 7.11 Å². The van der Waals surface area contributed by atoms with E-state index < -0.39 is 0 Å². The van der Waals surface area contributed by atoms with Gasteiger partial charge in [0, 0.05) is 31.5 Å². The molecule has 6 heteroatoms. The summed E-state index contributed by atoms with van der Waals surface area (Å²) < 4.78 is 5.14. The van der Waals surface area contributed by atoms with Crippen molar-refractivity contribution in [2.24, 2.45) is 0 Å². The molecule has 3 heterocycles. The molecule has 1 unspecified atom stereocenters. The molecule has 1 saturated heterocycles. The van der Waals surface area contributed by atoms with Crippen LogP contribution in [0.15, 0.2) is 59.5 Å². The van der Waals surface area contributed by atoms with Crippen LogP contribution in [-0.2, 0) is 17.9 Å². The highest BCUT2D eigenvalue weighted by Gasteiger charge is 2.27. The molecular weight excluding hydrogens is 352 g/mol. The van der Waals surface area contributed by atoms with Crippen LogP contribution in [0.1, 0.15) is 35.8 Å². The molecule has 4 rings (SSSR count). The Kier molecular flexibility index (Phi) is 5.60. The van der Waals surface area contributed by atoms with E-state index >= 15 is 0 Å². The summed E-state index contributed by atoms with van der Waals surface area (Å²) in [6, 6.07) is 16.0. The topological polar surface area (TPSA) is 71.1 Å². The van der Waals surface area contributed by atoms with Gasteiger partial charge < -0.3 is 9.72 Å². The van der Waals surface area contributed by atoms with Gasteiger partial charge in [0.1, 0.15) is 5.82 Å². The molecule has 1 aliphatic heterocycles. The molecule has 6 nitrogen and oxygen atoms in total. The molecule has 3 aromatic rings. The van der Waals surface area contributed by atoms with Crippen LogP contribution in [0.2, 0.25) is 0 Å². The number of aromatic nitrogens is 3. The molecule has 1 atom stereocenters. The first kappa shape index (κ1) is 18.5. The van der Waals surface area contributed by atoms with Crippen LogP contribution < -0.4 is 5.56 Å². The number of aromatic amines is 1. The number of nitrogens with zero attached hydrogens (tertiary/aromatic N) is 3. The Morgan fingerprint density at radius 3 is 2.89 bits per heavy atom. The van der Waals surface area contributed by atoms with Crippen molar-refractivity contribution in [1.29, 1.82) is 0 Å². The van der Waals surface area contributed by atoms with Crippen LogP contribution in [0.25, 0.3) is 11.4 Å². The number of ether oxygens (including phenoxy) is 1. The smallest absolute Gasteiger partial charge is 0.251 e. The lowest BCUT2D eigenvalue weighted by Crippen LogP contribution is -2.24. The van der Waals surface area contributed by atoms with Gasteiger partial charge in [0.05, 0.1) is 24.0 Å². The van der Waals surface area contributed by atoms with Gasteiger partial charge in [-0.1, -0.05) is 30.3 Å². The maximum Gasteiger partial charge on any atom is 0.251 e. The van der Waals surface area contributed by atoms with Crippen LogP contribution in [0.3, 0.4) is 0 Å². The predicted molar refractivity (Wildman–Crippen MR) is 108 cm³/mol. The number of benzene rings is 1. The standard InChI is InChI=1S/C22H24N4O2/c1-28-15-17-13-21(27)25-22(24-17)18-8-3-2-7-16(18)14-26-12-6-10-20(26)19-9-4-5-11-23-19/h2-5,7-9,11,13,20H,6,10,12,14-15H2,1H3,(H,24,25,27). The van der Waals surface area contributed by atoms with Crippen LogP contribution in [0, 0.1) is 0 Å². The molecule has 1 aliphatic rings. The van der Waals surface area contributed by atoms with E-state index in [9.17, 15) is 4.79 Å². The summed E-state index contributed by atoms with van der Waals surface area (Å²) in [7, 11) is 1.60. The molecule has 28 heavy (non-hydrogen) atoms. The van der Waals surface area contributed by atoms with E-state index in [4.69, 9.17) is 4.74 Å². The van der Waals surface area contributed by atoms with Gasteiger partial charge in [-0.2, -0.15) is 0 Å². The average molecular weight is 376 g/mol. The van der Waals surface area contributed by atoms with Crippen molar-refractivity contribution in [3.8, 4) is 11.4 Å². The van der Waals surface area contributed by atoms with Crippen molar-refractivity contribution in [1.82, 2.24) is 19.9 Å². The van der Waals surface area contributed by atoms with E-state index in [-0.39, 0.29) is 5.56 Å². The number of pyridine rings is 1. The number of nitrogens with one attached hydrogen (secondary N) is 1. The van der Waals surface area contributed by atoms with Crippen molar-refractivity contribution >= 4 is 0 Å². The van der Waals surface area contributed by atoms with Gasteiger partial charge in [-0.15, -0.1) is 0 Å². The first-order chi connectivity index (χ1) is 13.7. The fraction of sp³-hybridized carbons (Fsp3) is 0.318. The van der Waals surface area contributed by atoms with Gasteiger partial charge in [0.25, 0.3) is 5.56 Å². The summed E-state index contributed by atoms with van der Waals surface area (Å²) in [5, 5.41) is 0. The second-order valence-electron chi connectivity index (χ2n) is 7.06. The van der Waals surface area contributed by atoms with Crippen molar-refractivity contribution in [2.75, 3.05) is 13.7 Å². The van der Waals surface area contributed by atoms with Crippen molar-refractivity contribution in [2.45, 2.75) is 32.0 Å². The first-order valence-electron chi connectivity index (χ1n) is 9.57. The van der Waals surface area contributed by atoms with E-state index in [1.807, 2.05) is 36.5 Å². The Hall–Kier alpha value is -2.83. The van der Waals surface area contributed by atoms with Gasteiger partial charge in [0.15, 0.2) is 0 Å². The Morgan fingerprint density at radius 1 is 1.21 bits per heavy atom. The second kappa shape index (κ2) is 8.46. The van der Waals surface area contributed by atoms with E-state index in [0.29, 0.717) is 24.2 Å². The largest absolute Gasteiger partial charge is 0.378 e. The molecule has 0 saturated carbocycles. The third-order valence-corrected chi connectivity index (χ3v) is 5.13.